The summed E-state index contributed by atoms with van der Waals surface area (Å²) in [4.78, 5) is 16.3. The minimum atomic E-state index is 0.0977. The van der Waals surface area contributed by atoms with Gasteiger partial charge in [-0.3, -0.25) is 4.79 Å². The fraction of sp³-hybridized carbons (Fsp3) is 0.350. The Balaban J connectivity index is 1.98. The second-order valence-corrected chi connectivity index (χ2v) is 6.36. The first-order chi connectivity index (χ1) is 11.5. The topological polar surface area (TPSA) is 32.8 Å². The van der Waals surface area contributed by atoms with E-state index < -0.39 is 0 Å². The lowest BCUT2D eigenvalue weighted by Crippen LogP contribution is -2.45. The van der Waals surface area contributed by atoms with Gasteiger partial charge in [0.05, 0.1) is 13.2 Å². The molecule has 4 heteroatoms. The molecule has 2 aromatic rings. The zero-order valence-electron chi connectivity index (χ0n) is 14.7. The van der Waals surface area contributed by atoms with Crippen LogP contribution in [0.5, 0.6) is 5.75 Å². The van der Waals surface area contributed by atoms with Crippen molar-refractivity contribution in [1.82, 2.24) is 0 Å². The molecule has 126 valence electrons. The number of methoxy groups -OCH3 is 1. The molecule has 1 heterocycles. The highest BCUT2D eigenvalue weighted by atomic mass is 16.5. The van der Waals surface area contributed by atoms with Gasteiger partial charge < -0.3 is 14.5 Å². The molecule has 0 fully saturated rings. The van der Waals surface area contributed by atoms with Crippen LogP contribution in [0.15, 0.2) is 48.5 Å². The zero-order chi connectivity index (χ0) is 17.3. The van der Waals surface area contributed by atoms with Crippen molar-refractivity contribution < 1.29 is 9.53 Å². The van der Waals surface area contributed by atoms with Crippen LogP contribution in [0.25, 0.3) is 0 Å². The molecule has 2 aromatic carbocycles. The highest BCUT2D eigenvalue weighted by Crippen LogP contribution is 2.41. The van der Waals surface area contributed by atoms with Gasteiger partial charge in [-0.25, -0.2) is 0 Å². The van der Waals surface area contributed by atoms with E-state index in [9.17, 15) is 4.79 Å². The molecule has 1 aliphatic heterocycles. The first-order valence-electron chi connectivity index (χ1n) is 8.28. The first kappa shape index (κ1) is 16.4. The van der Waals surface area contributed by atoms with Gasteiger partial charge in [0.25, 0.3) is 0 Å². The summed E-state index contributed by atoms with van der Waals surface area (Å²) in [6, 6.07) is 16.7. The van der Waals surface area contributed by atoms with Crippen molar-refractivity contribution >= 4 is 17.3 Å². The molecule has 0 bridgehead atoms. The van der Waals surface area contributed by atoms with Gasteiger partial charge in [-0.15, -0.1) is 0 Å². The number of nitrogens with zero attached hydrogens (tertiary/aromatic N) is 2. The number of hydrogen-bond acceptors (Lipinski definition) is 3. The maximum atomic E-state index is 12.1. The molecule has 24 heavy (non-hydrogen) atoms. The van der Waals surface area contributed by atoms with Gasteiger partial charge in [0.15, 0.2) is 0 Å². The van der Waals surface area contributed by atoms with E-state index in [-0.39, 0.29) is 18.0 Å². The standard InChI is InChI=1S/C20H24N2O2/c1-14-13-20(21(3)16-9-11-17(24-4)12-10-16)18-7-5-6-8-19(18)22(14)15(2)23/h5-12,14,20H,13H2,1-4H3. The van der Waals surface area contributed by atoms with Crippen molar-refractivity contribution in [2.24, 2.45) is 0 Å². The molecule has 0 N–H and O–H groups in total. The summed E-state index contributed by atoms with van der Waals surface area (Å²) in [5.74, 6) is 0.952. The summed E-state index contributed by atoms with van der Waals surface area (Å²) in [5.41, 5.74) is 3.36. The second-order valence-electron chi connectivity index (χ2n) is 6.36. The molecule has 0 saturated heterocycles. The Morgan fingerprint density at radius 2 is 1.83 bits per heavy atom. The third-order valence-electron chi connectivity index (χ3n) is 4.85. The second kappa shape index (κ2) is 6.56. The van der Waals surface area contributed by atoms with E-state index in [1.54, 1.807) is 14.0 Å². The number of amides is 1. The number of fused-ring (bicyclic) bond motifs is 1. The van der Waals surface area contributed by atoms with Crippen LogP contribution in [0.4, 0.5) is 11.4 Å². The molecule has 0 spiro atoms. The summed E-state index contributed by atoms with van der Waals surface area (Å²) in [7, 11) is 3.79. The molecule has 0 radical (unpaired) electrons. The molecule has 4 nitrogen and oxygen atoms in total. The molecule has 2 unspecified atom stereocenters. The van der Waals surface area contributed by atoms with Crippen molar-refractivity contribution in [3.63, 3.8) is 0 Å². The number of para-hydroxylation sites is 1. The summed E-state index contributed by atoms with van der Waals surface area (Å²) in [6.45, 7) is 3.76. The van der Waals surface area contributed by atoms with Gasteiger partial charge in [-0.2, -0.15) is 0 Å². The van der Waals surface area contributed by atoms with Gasteiger partial charge in [-0.05, 0) is 49.2 Å². The van der Waals surface area contributed by atoms with Crippen molar-refractivity contribution in [2.45, 2.75) is 32.4 Å². The van der Waals surface area contributed by atoms with E-state index in [1.165, 1.54) is 5.56 Å². The minimum absolute atomic E-state index is 0.0977. The maximum Gasteiger partial charge on any atom is 0.224 e. The van der Waals surface area contributed by atoms with Gasteiger partial charge in [0, 0.05) is 31.4 Å². The van der Waals surface area contributed by atoms with Crippen LogP contribution in [0.3, 0.4) is 0 Å². The molecule has 0 aliphatic carbocycles. The maximum absolute atomic E-state index is 12.1. The number of carbonyl (C=O) groups is 1. The predicted octanol–water partition coefficient (Wildman–Crippen LogP) is 4.02. The molecule has 0 saturated carbocycles. The van der Waals surface area contributed by atoms with Gasteiger partial charge in [-0.1, -0.05) is 18.2 Å². The van der Waals surface area contributed by atoms with E-state index in [2.05, 4.69) is 37.1 Å². The quantitative estimate of drug-likeness (QED) is 0.855. The number of benzene rings is 2. The van der Waals surface area contributed by atoms with Crippen LogP contribution in [0.1, 0.15) is 31.9 Å². The Hall–Kier alpha value is -2.49. The monoisotopic (exact) mass is 324 g/mol. The fourth-order valence-corrected chi connectivity index (χ4v) is 3.63. The Morgan fingerprint density at radius 3 is 2.46 bits per heavy atom. The van der Waals surface area contributed by atoms with Crippen LogP contribution in [-0.2, 0) is 4.79 Å². The summed E-state index contributed by atoms with van der Waals surface area (Å²) >= 11 is 0. The lowest BCUT2D eigenvalue weighted by atomic mass is 9.90. The fourth-order valence-electron chi connectivity index (χ4n) is 3.63. The van der Waals surface area contributed by atoms with E-state index in [4.69, 9.17) is 4.74 Å². The normalized spacial score (nSPS) is 19.6. The molecule has 3 rings (SSSR count). The first-order valence-corrected chi connectivity index (χ1v) is 8.28. The molecule has 1 aliphatic rings. The van der Waals surface area contributed by atoms with Crippen LogP contribution < -0.4 is 14.5 Å². The number of hydrogen-bond donors (Lipinski definition) is 0. The third kappa shape index (κ3) is 2.84. The highest BCUT2D eigenvalue weighted by Gasteiger charge is 2.34. The van der Waals surface area contributed by atoms with Crippen LogP contribution in [0, 0.1) is 0 Å². The Labute approximate surface area is 143 Å². The Bertz CT molecular complexity index is 727. The van der Waals surface area contributed by atoms with E-state index in [0.717, 1.165) is 23.5 Å². The van der Waals surface area contributed by atoms with Crippen molar-refractivity contribution in [2.75, 3.05) is 24.0 Å². The molecular weight excluding hydrogens is 300 g/mol. The van der Waals surface area contributed by atoms with Crippen LogP contribution >= 0.6 is 0 Å². The summed E-state index contributed by atoms with van der Waals surface area (Å²) < 4.78 is 5.25. The Kier molecular flexibility index (Phi) is 4.47. The van der Waals surface area contributed by atoms with Crippen molar-refractivity contribution in [3.05, 3.63) is 54.1 Å². The van der Waals surface area contributed by atoms with E-state index in [0.29, 0.717) is 0 Å². The minimum Gasteiger partial charge on any atom is -0.497 e. The van der Waals surface area contributed by atoms with Crippen molar-refractivity contribution in [1.29, 1.82) is 0 Å². The van der Waals surface area contributed by atoms with Gasteiger partial charge >= 0.3 is 0 Å². The smallest absolute Gasteiger partial charge is 0.224 e. The predicted molar refractivity (Wildman–Crippen MR) is 97.8 cm³/mol. The van der Waals surface area contributed by atoms with Crippen LogP contribution in [0.2, 0.25) is 0 Å². The lowest BCUT2D eigenvalue weighted by Gasteiger charge is -2.43. The largest absolute Gasteiger partial charge is 0.497 e. The summed E-state index contributed by atoms with van der Waals surface area (Å²) in [5, 5.41) is 0. The average Bonchev–Trinajstić information content (AvgIpc) is 2.60. The van der Waals surface area contributed by atoms with Crippen molar-refractivity contribution in [3.8, 4) is 5.75 Å². The molecule has 1 amide bonds. The van der Waals surface area contributed by atoms with Crippen LogP contribution in [-0.4, -0.2) is 26.1 Å². The molecule has 2 atom stereocenters. The number of ether oxygens (including phenoxy) is 1. The number of carbonyl (C=O) groups excluding carboxylic acids is 1. The lowest BCUT2D eigenvalue weighted by molar-refractivity contribution is -0.117. The number of anilines is 2. The van der Waals surface area contributed by atoms with E-state index in [1.807, 2.05) is 35.2 Å². The SMILES string of the molecule is COc1ccc(N(C)C2CC(C)N(C(C)=O)c3ccccc32)cc1. The zero-order valence-corrected chi connectivity index (χ0v) is 14.7. The third-order valence-corrected chi connectivity index (χ3v) is 4.85. The Morgan fingerprint density at radius 1 is 1.17 bits per heavy atom. The molecule has 0 aromatic heterocycles. The summed E-state index contributed by atoms with van der Waals surface area (Å²) in [6.07, 6.45) is 0.902. The van der Waals surface area contributed by atoms with Gasteiger partial charge in [0.1, 0.15) is 5.75 Å². The average molecular weight is 324 g/mol. The van der Waals surface area contributed by atoms with E-state index >= 15 is 0 Å². The molecular formula is C20H24N2O2. The van der Waals surface area contributed by atoms with Gasteiger partial charge in [0.2, 0.25) is 5.91 Å². The number of rotatable bonds is 3. The highest BCUT2D eigenvalue weighted by molar-refractivity contribution is 5.93.